The number of unbranched alkanes of at least 4 members (excludes halogenated alkanes) is 1. The molecule has 2 aromatic rings. The molecule has 6 heteroatoms. The largest absolute Gasteiger partial charge is 0.338 e. The van der Waals surface area contributed by atoms with Crippen molar-refractivity contribution in [3.05, 3.63) is 58.8 Å². The quantitative estimate of drug-likeness (QED) is 0.455. The van der Waals surface area contributed by atoms with Crippen LogP contribution in [0.5, 0.6) is 0 Å². The summed E-state index contributed by atoms with van der Waals surface area (Å²) in [5, 5.41) is 3.26. The first kappa shape index (κ1) is 20.4. The van der Waals surface area contributed by atoms with Crippen LogP contribution in [-0.4, -0.2) is 47.6 Å². The van der Waals surface area contributed by atoms with Crippen LogP contribution in [0.4, 0.5) is 5.95 Å². The number of nitrogens with zero attached hydrogens (tertiary/aromatic N) is 5. The van der Waals surface area contributed by atoms with Crippen LogP contribution in [0.1, 0.15) is 49.8 Å². The third kappa shape index (κ3) is 5.83. The Bertz CT molecular complexity index is 699. The Hall–Kier alpha value is -2.34. The summed E-state index contributed by atoms with van der Waals surface area (Å²) in [6.07, 6.45) is 8.90. The molecule has 1 aliphatic heterocycles. The average Bonchev–Trinajstić information content (AvgIpc) is 2.77. The van der Waals surface area contributed by atoms with Gasteiger partial charge in [0.1, 0.15) is 6.04 Å². The second-order valence-corrected chi connectivity index (χ2v) is 7.49. The molecular weight excluding hydrogens is 350 g/mol. The van der Waals surface area contributed by atoms with Crippen molar-refractivity contribution in [2.45, 2.75) is 45.1 Å². The topological polar surface area (TPSA) is 61.7 Å². The molecule has 1 atom stereocenters. The van der Waals surface area contributed by atoms with E-state index in [4.69, 9.17) is 0 Å². The number of nitroso groups, excluding NO2 is 1. The summed E-state index contributed by atoms with van der Waals surface area (Å²) >= 11 is 0. The second-order valence-electron chi connectivity index (χ2n) is 7.49. The molecule has 28 heavy (non-hydrogen) atoms. The van der Waals surface area contributed by atoms with Gasteiger partial charge in [0.2, 0.25) is 5.95 Å². The van der Waals surface area contributed by atoms with E-state index in [0.717, 1.165) is 63.5 Å². The maximum absolute atomic E-state index is 11.0. The minimum absolute atomic E-state index is 0.195. The zero-order chi connectivity index (χ0) is 19.6. The predicted octanol–water partition coefficient (Wildman–Crippen LogP) is 4.23. The summed E-state index contributed by atoms with van der Waals surface area (Å²) in [6.45, 7) is 7.37. The first-order valence-electron chi connectivity index (χ1n) is 10.5. The molecule has 1 saturated heterocycles. The minimum atomic E-state index is -0.195. The van der Waals surface area contributed by atoms with Crippen LogP contribution in [0, 0.1) is 4.91 Å². The van der Waals surface area contributed by atoms with Crippen LogP contribution in [0.2, 0.25) is 0 Å². The number of piperazine rings is 1. The van der Waals surface area contributed by atoms with E-state index in [2.05, 4.69) is 56.1 Å². The average molecular weight is 382 g/mol. The van der Waals surface area contributed by atoms with Crippen molar-refractivity contribution in [1.82, 2.24) is 14.9 Å². The Morgan fingerprint density at radius 3 is 2.39 bits per heavy atom. The molecule has 0 radical (unpaired) electrons. The van der Waals surface area contributed by atoms with E-state index in [-0.39, 0.29) is 6.04 Å². The van der Waals surface area contributed by atoms with Crippen LogP contribution >= 0.6 is 0 Å². The Kier molecular flexibility index (Phi) is 7.91. The minimum Gasteiger partial charge on any atom is -0.338 e. The number of rotatable bonds is 10. The molecule has 2 heterocycles. The molecule has 1 aromatic carbocycles. The molecule has 0 spiro atoms. The van der Waals surface area contributed by atoms with E-state index in [1.165, 1.54) is 18.4 Å². The molecule has 0 aliphatic carbocycles. The summed E-state index contributed by atoms with van der Waals surface area (Å²) in [5.41, 5.74) is 2.39. The lowest BCUT2D eigenvalue weighted by molar-refractivity contribution is 0.252. The molecule has 0 saturated carbocycles. The zero-order valence-electron chi connectivity index (χ0n) is 16.8. The lowest BCUT2D eigenvalue weighted by Crippen LogP contribution is -2.47. The maximum Gasteiger partial charge on any atom is 0.225 e. The van der Waals surface area contributed by atoms with Crippen molar-refractivity contribution in [1.29, 1.82) is 0 Å². The highest BCUT2D eigenvalue weighted by Crippen LogP contribution is 2.23. The molecule has 6 nitrogen and oxygen atoms in total. The van der Waals surface area contributed by atoms with Crippen molar-refractivity contribution < 1.29 is 0 Å². The highest BCUT2D eigenvalue weighted by atomic mass is 16.3. The van der Waals surface area contributed by atoms with E-state index >= 15 is 0 Å². The van der Waals surface area contributed by atoms with Crippen LogP contribution < -0.4 is 4.90 Å². The molecule has 3 rings (SSSR count). The van der Waals surface area contributed by atoms with Crippen molar-refractivity contribution in [3.8, 4) is 0 Å². The Morgan fingerprint density at radius 1 is 1.04 bits per heavy atom. The number of anilines is 1. The molecule has 0 N–H and O–H groups in total. The van der Waals surface area contributed by atoms with E-state index in [9.17, 15) is 4.91 Å². The smallest absolute Gasteiger partial charge is 0.225 e. The van der Waals surface area contributed by atoms with Gasteiger partial charge in [-0.2, -0.15) is 4.91 Å². The van der Waals surface area contributed by atoms with Gasteiger partial charge in [-0.05, 0) is 49.4 Å². The molecule has 1 aromatic heterocycles. The van der Waals surface area contributed by atoms with Gasteiger partial charge in [-0.15, -0.1) is 0 Å². The fourth-order valence-corrected chi connectivity index (χ4v) is 3.75. The highest BCUT2D eigenvalue weighted by molar-refractivity contribution is 5.29. The van der Waals surface area contributed by atoms with Gasteiger partial charge in [-0.1, -0.05) is 42.8 Å². The summed E-state index contributed by atoms with van der Waals surface area (Å²) in [7, 11) is 0. The van der Waals surface area contributed by atoms with E-state index in [1.54, 1.807) is 12.4 Å². The number of benzene rings is 1. The highest BCUT2D eigenvalue weighted by Gasteiger charge is 2.18. The van der Waals surface area contributed by atoms with Crippen LogP contribution in [0.25, 0.3) is 0 Å². The Morgan fingerprint density at radius 2 is 1.75 bits per heavy atom. The molecule has 150 valence electrons. The van der Waals surface area contributed by atoms with E-state index in [1.807, 2.05) is 6.07 Å². The number of hydrogen-bond donors (Lipinski definition) is 0. The summed E-state index contributed by atoms with van der Waals surface area (Å²) < 4.78 is 0. The second kappa shape index (κ2) is 10.9. The van der Waals surface area contributed by atoms with Gasteiger partial charge < -0.3 is 4.90 Å². The number of aryl methyl sites for hydroxylation is 1. The standard InChI is InChI=1S/C22H31N5O/c1-2-6-21(25-28)20-10-8-19(9-11-20)7-3-4-14-26-15-17-27(18-16-26)22-23-12-5-13-24-22/h5,8-13,21H,2-4,6-7,14-18H2,1H3. The van der Waals surface area contributed by atoms with Gasteiger partial charge in [0.05, 0.1) is 0 Å². The van der Waals surface area contributed by atoms with Gasteiger partial charge in [0.25, 0.3) is 0 Å². The van der Waals surface area contributed by atoms with Crippen LogP contribution in [0.15, 0.2) is 47.9 Å². The SMILES string of the molecule is CCCC(N=O)c1ccc(CCCCN2CCN(c3ncccn3)CC2)cc1. The van der Waals surface area contributed by atoms with Crippen molar-refractivity contribution in [3.63, 3.8) is 0 Å². The van der Waals surface area contributed by atoms with Crippen LogP contribution in [-0.2, 0) is 6.42 Å². The Balaban J connectivity index is 1.34. The fourth-order valence-electron chi connectivity index (χ4n) is 3.75. The fraction of sp³-hybridized carbons (Fsp3) is 0.545. The van der Waals surface area contributed by atoms with Crippen LogP contribution in [0.3, 0.4) is 0 Å². The first-order valence-corrected chi connectivity index (χ1v) is 10.5. The van der Waals surface area contributed by atoms with E-state index < -0.39 is 0 Å². The molecule has 0 amide bonds. The van der Waals surface area contributed by atoms with E-state index in [0.29, 0.717) is 0 Å². The lowest BCUT2D eigenvalue weighted by Gasteiger charge is -2.34. The summed E-state index contributed by atoms with van der Waals surface area (Å²) in [5.74, 6) is 0.844. The zero-order valence-corrected chi connectivity index (χ0v) is 16.8. The monoisotopic (exact) mass is 381 g/mol. The first-order chi connectivity index (χ1) is 13.8. The lowest BCUT2D eigenvalue weighted by atomic mass is 10.00. The molecule has 1 aliphatic rings. The van der Waals surface area contributed by atoms with Gasteiger partial charge in [-0.3, -0.25) is 4.90 Å². The van der Waals surface area contributed by atoms with Crippen molar-refractivity contribution in [2.24, 2.45) is 5.18 Å². The summed E-state index contributed by atoms with van der Waals surface area (Å²) in [4.78, 5) is 24.5. The molecule has 1 fully saturated rings. The van der Waals surface area contributed by atoms with Gasteiger partial charge in [-0.25, -0.2) is 9.97 Å². The Labute approximate surface area is 168 Å². The number of hydrogen-bond acceptors (Lipinski definition) is 6. The molecule has 0 bridgehead atoms. The molecule has 1 unspecified atom stereocenters. The molecular formula is C22H31N5O. The van der Waals surface area contributed by atoms with Gasteiger partial charge in [0, 0.05) is 38.6 Å². The third-order valence-electron chi connectivity index (χ3n) is 5.45. The van der Waals surface area contributed by atoms with Crippen molar-refractivity contribution in [2.75, 3.05) is 37.6 Å². The van der Waals surface area contributed by atoms with Crippen molar-refractivity contribution >= 4 is 5.95 Å². The normalized spacial score (nSPS) is 16.1. The third-order valence-corrected chi connectivity index (χ3v) is 5.45. The maximum atomic E-state index is 11.0. The van der Waals surface area contributed by atoms with Gasteiger partial charge >= 0.3 is 0 Å². The predicted molar refractivity (Wildman–Crippen MR) is 114 cm³/mol. The van der Waals surface area contributed by atoms with Gasteiger partial charge in [0.15, 0.2) is 0 Å². The summed E-state index contributed by atoms with van der Waals surface area (Å²) in [6, 6.07) is 10.1. The number of aromatic nitrogens is 2.